The predicted octanol–water partition coefficient (Wildman–Crippen LogP) is 3.06. The Morgan fingerprint density at radius 1 is 1.42 bits per heavy atom. The van der Waals surface area contributed by atoms with E-state index >= 15 is 0 Å². The first-order valence-corrected chi connectivity index (χ1v) is 4.80. The van der Waals surface area contributed by atoms with Gasteiger partial charge in [-0.05, 0) is 31.1 Å². The molecule has 68 valence electrons. The number of alkyl halides is 1. The van der Waals surface area contributed by atoms with Gasteiger partial charge in [-0.15, -0.1) is 0 Å². The van der Waals surface area contributed by atoms with Crippen LogP contribution in [0.3, 0.4) is 0 Å². The van der Waals surface area contributed by atoms with E-state index in [0.29, 0.717) is 6.42 Å². The minimum atomic E-state index is -0.636. The van der Waals surface area contributed by atoms with Gasteiger partial charge in [-0.2, -0.15) is 5.26 Å². The van der Waals surface area contributed by atoms with Crippen molar-refractivity contribution in [3.8, 4) is 6.07 Å². The zero-order valence-corrected chi connectivity index (χ0v) is 7.59. The summed E-state index contributed by atoms with van der Waals surface area (Å²) < 4.78 is 13.5. The van der Waals surface area contributed by atoms with Crippen molar-refractivity contribution < 1.29 is 4.39 Å². The van der Waals surface area contributed by atoms with Crippen LogP contribution in [0.5, 0.6) is 0 Å². The second-order valence-corrected chi connectivity index (χ2v) is 3.65. The van der Waals surface area contributed by atoms with Gasteiger partial charge in [-0.25, -0.2) is 4.39 Å². The SMILES string of the molecule is CCC1CCC(CCC#N)C1F. The molecular formula is C10H16FN. The molecule has 0 aromatic carbocycles. The van der Waals surface area contributed by atoms with Gasteiger partial charge in [0.25, 0.3) is 0 Å². The largest absolute Gasteiger partial charge is 0.247 e. The van der Waals surface area contributed by atoms with Crippen LogP contribution in [0.1, 0.15) is 39.0 Å². The predicted molar refractivity (Wildman–Crippen MR) is 46.2 cm³/mol. The molecule has 2 heteroatoms. The van der Waals surface area contributed by atoms with Crippen LogP contribution >= 0.6 is 0 Å². The first-order chi connectivity index (χ1) is 5.79. The van der Waals surface area contributed by atoms with Crippen molar-refractivity contribution in [1.82, 2.24) is 0 Å². The van der Waals surface area contributed by atoms with Gasteiger partial charge < -0.3 is 0 Å². The second kappa shape index (κ2) is 4.45. The van der Waals surface area contributed by atoms with Gasteiger partial charge in [0.2, 0.25) is 0 Å². The average Bonchev–Trinajstić information content (AvgIpc) is 2.43. The zero-order chi connectivity index (χ0) is 8.97. The summed E-state index contributed by atoms with van der Waals surface area (Å²) in [5.41, 5.74) is 0. The van der Waals surface area contributed by atoms with Crippen LogP contribution in [-0.4, -0.2) is 6.17 Å². The van der Waals surface area contributed by atoms with E-state index in [-0.39, 0.29) is 11.8 Å². The Morgan fingerprint density at radius 2 is 2.08 bits per heavy atom. The van der Waals surface area contributed by atoms with Crippen LogP contribution in [0.2, 0.25) is 0 Å². The Balaban J connectivity index is 2.34. The first-order valence-electron chi connectivity index (χ1n) is 4.80. The van der Waals surface area contributed by atoms with Gasteiger partial charge in [-0.3, -0.25) is 0 Å². The van der Waals surface area contributed by atoms with Gasteiger partial charge in [0.1, 0.15) is 6.17 Å². The van der Waals surface area contributed by atoms with Gasteiger partial charge in [0.15, 0.2) is 0 Å². The molecule has 0 heterocycles. The lowest BCUT2D eigenvalue weighted by Gasteiger charge is -2.14. The number of halogens is 1. The van der Waals surface area contributed by atoms with Crippen LogP contribution in [0, 0.1) is 23.2 Å². The fourth-order valence-corrected chi connectivity index (χ4v) is 2.11. The lowest BCUT2D eigenvalue weighted by atomic mass is 9.97. The molecule has 0 radical (unpaired) electrons. The number of nitriles is 1. The lowest BCUT2D eigenvalue weighted by Crippen LogP contribution is -2.15. The van der Waals surface area contributed by atoms with E-state index < -0.39 is 6.17 Å². The van der Waals surface area contributed by atoms with Crippen molar-refractivity contribution in [2.45, 2.75) is 45.2 Å². The van der Waals surface area contributed by atoms with E-state index in [1.165, 1.54) is 0 Å². The Labute approximate surface area is 73.6 Å². The molecule has 1 saturated carbocycles. The van der Waals surface area contributed by atoms with Gasteiger partial charge in [0.05, 0.1) is 6.07 Å². The Hall–Kier alpha value is -0.580. The molecular weight excluding hydrogens is 153 g/mol. The molecule has 0 bridgehead atoms. The summed E-state index contributed by atoms with van der Waals surface area (Å²) in [4.78, 5) is 0. The number of hydrogen-bond acceptors (Lipinski definition) is 1. The Bertz CT molecular complexity index is 173. The topological polar surface area (TPSA) is 23.8 Å². The van der Waals surface area contributed by atoms with E-state index in [9.17, 15) is 4.39 Å². The van der Waals surface area contributed by atoms with Crippen molar-refractivity contribution in [3.63, 3.8) is 0 Å². The van der Waals surface area contributed by atoms with E-state index in [1.807, 2.05) is 6.92 Å². The van der Waals surface area contributed by atoms with E-state index in [2.05, 4.69) is 6.07 Å². The molecule has 12 heavy (non-hydrogen) atoms. The fraction of sp³-hybridized carbons (Fsp3) is 0.900. The molecule has 0 aliphatic heterocycles. The minimum absolute atomic E-state index is 0.176. The molecule has 1 aliphatic carbocycles. The molecule has 3 unspecified atom stereocenters. The van der Waals surface area contributed by atoms with Crippen LogP contribution in [0.25, 0.3) is 0 Å². The van der Waals surface area contributed by atoms with Crippen molar-refractivity contribution >= 4 is 0 Å². The van der Waals surface area contributed by atoms with Crippen molar-refractivity contribution in [3.05, 3.63) is 0 Å². The number of nitrogens with zero attached hydrogens (tertiary/aromatic N) is 1. The van der Waals surface area contributed by atoms with E-state index in [4.69, 9.17) is 5.26 Å². The van der Waals surface area contributed by atoms with E-state index in [0.717, 1.165) is 25.7 Å². The molecule has 0 spiro atoms. The lowest BCUT2D eigenvalue weighted by molar-refractivity contribution is 0.197. The molecule has 1 aliphatic rings. The molecule has 1 nitrogen and oxygen atoms in total. The number of hydrogen-bond donors (Lipinski definition) is 0. The third-order valence-electron chi connectivity index (χ3n) is 2.96. The highest BCUT2D eigenvalue weighted by Gasteiger charge is 2.34. The second-order valence-electron chi connectivity index (χ2n) is 3.65. The molecule has 0 aromatic heterocycles. The average molecular weight is 169 g/mol. The van der Waals surface area contributed by atoms with Gasteiger partial charge in [0, 0.05) is 6.42 Å². The monoisotopic (exact) mass is 169 g/mol. The van der Waals surface area contributed by atoms with E-state index in [1.54, 1.807) is 0 Å². The summed E-state index contributed by atoms with van der Waals surface area (Å²) in [5, 5.41) is 8.36. The summed E-state index contributed by atoms with van der Waals surface area (Å²) in [7, 11) is 0. The third-order valence-corrected chi connectivity index (χ3v) is 2.96. The summed E-state index contributed by atoms with van der Waals surface area (Å²) >= 11 is 0. The Morgan fingerprint density at radius 3 is 2.58 bits per heavy atom. The first kappa shape index (κ1) is 9.51. The maximum absolute atomic E-state index is 13.5. The minimum Gasteiger partial charge on any atom is -0.247 e. The molecule has 3 atom stereocenters. The van der Waals surface area contributed by atoms with Gasteiger partial charge >= 0.3 is 0 Å². The molecule has 0 amide bonds. The van der Waals surface area contributed by atoms with Gasteiger partial charge in [-0.1, -0.05) is 13.3 Å². The molecule has 1 rings (SSSR count). The van der Waals surface area contributed by atoms with Crippen molar-refractivity contribution in [2.24, 2.45) is 11.8 Å². The maximum Gasteiger partial charge on any atom is 0.106 e. The normalized spacial score (nSPS) is 34.9. The van der Waals surface area contributed by atoms with Crippen LogP contribution < -0.4 is 0 Å². The highest BCUT2D eigenvalue weighted by Crippen LogP contribution is 2.38. The van der Waals surface area contributed by atoms with Crippen LogP contribution in [0.4, 0.5) is 4.39 Å². The summed E-state index contributed by atoms with van der Waals surface area (Å²) in [6, 6.07) is 2.08. The van der Waals surface area contributed by atoms with Crippen molar-refractivity contribution in [2.75, 3.05) is 0 Å². The summed E-state index contributed by atoms with van der Waals surface area (Å²) in [5.74, 6) is 0.447. The Kier molecular flexibility index (Phi) is 3.52. The molecule has 0 aromatic rings. The maximum atomic E-state index is 13.5. The highest BCUT2D eigenvalue weighted by molar-refractivity contribution is 4.86. The number of rotatable bonds is 3. The molecule has 0 N–H and O–H groups in total. The smallest absolute Gasteiger partial charge is 0.106 e. The quantitative estimate of drug-likeness (QED) is 0.637. The van der Waals surface area contributed by atoms with Crippen LogP contribution in [0.15, 0.2) is 0 Å². The standard InChI is InChI=1S/C10H16FN/c1-2-8-5-6-9(10(8)11)4-3-7-12/h8-10H,2-6H2,1H3. The summed E-state index contributed by atoms with van der Waals surface area (Å²) in [6.07, 6.45) is 3.60. The third kappa shape index (κ3) is 1.97. The summed E-state index contributed by atoms with van der Waals surface area (Å²) in [6.45, 7) is 2.05. The zero-order valence-electron chi connectivity index (χ0n) is 7.59. The van der Waals surface area contributed by atoms with Crippen molar-refractivity contribution in [1.29, 1.82) is 5.26 Å². The fourth-order valence-electron chi connectivity index (χ4n) is 2.11. The highest BCUT2D eigenvalue weighted by atomic mass is 19.1. The molecule has 1 fully saturated rings. The molecule has 0 saturated heterocycles. The van der Waals surface area contributed by atoms with Crippen LogP contribution in [-0.2, 0) is 0 Å².